The molecule has 6 heteroatoms. The summed E-state index contributed by atoms with van der Waals surface area (Å²) in [7, 11) is 1.80. The Bertz CT molecular complexity index is 512. The molecule has 0 aliphatic rings. The normalized spacial score (nSPS) is 10.5. The number of aliphatic hydroxyl groups is 1. The van der Waals surface area contributed by atoms with E-state index in [-0.39, 0.29) is 6.61 Å². The van der Waals surface area contributed by atoms with Crippen LogP contribution in [0.2, 0.25) is 0 Å². The number of aliphatic hydroxyl groups excluding tert-OH is 1. The number of anilines is 1. The molecule has 0 radical (unpaired) electrons. The molecule has 0 amide bonds. The second kappa shape index (κ2) is 5.20. The maximum Gasteiger partial charge on any atom is 0.145 e. The van der Waals surface area contributed by atoms with Crippen LogP contribution in [-0.4, -0.2) is 33.7 Å². The maximum atomic E-state index is 8.95. The van der Waals surface area contributed by atoms with Crippen molar-refractivity contribution in [2.24, 2.45) is 0 Å². The second-order valence-electron chi connectivity index (χ2n) is 3.54. The first-order chi connectivity index (χ1) is 8.24. The van der Waals surface area contributed by atoms with Crippen LogP contribution >= 0.6 is 11.3 Å². The minimum atomic E-state index is 0.144. The highest BCUT2D eigenvalue weighted by atomic mass is 32.1. The van der Waals surface area contributed by atoms with E-state index in [0.29, 0.717) is 6.42 Å². The van der Waals surface area contributed by atoms with E-state index < -0.39 is 0 Å². The van der Waals surface area contributed by atoms with Gasteiger partial charge in [0.1, 0.15) is 16.5 Å². The van der Waals surface area contributed by atoms with Crippen LogP contribution in [0.3, 0.4) is 0 Å². The average molecular weight is 250 g/mol. The Kier molecular flexibility index (Phi) is 3.65. The first-order valence-corrected chi connectivity index (χ1v) is 6.13. The first kappa shape index (κ1) is 11.9. The molecule has 0 atom stereocenters. The van der Waals surface area contributed by atoms with Crippen molar-refractivity contribution < 1.29 is 5.11 Å². The zero-order valence-corrected chi connectivity index (χ0v) is 10.6. The molecule has 0 saturated carbocycles. The Morgan fingerprint density at radius 3 is 2.88 bits per heavy atom. The number of nitrogens with one attached hydrogen (secondary N) is 1. The Labute approximate surface area is 104 Å². The smallest absolute Gasteiger partial charge is 0.145 e. The Hall–Kier alpha value is -1.53. The molecule has 0 spiro atoms. The molecule has 2 N–H and O–H groups in total. The summed E-state index contributed by atoms with van der Waals surface area (Å²) < 4.78 is 0. The van der Waals surface area contributed by atoms with Gasteiger partial charge in [-0.05, 0) is 6.92 Å². The lowest BCUT2D eigenvalue weighted by atomic mass is 10.3. The van der Waals surface area contributed by atoms with Crippen LogP contribution in [-0.2, 0) is 6.42 Å². The van der Waals surface area contributed by atoms with E-state index >= 15 is 0 Å². The predicted molar refractivity (Wildman–Crippen MR) is 68.2 cm³/mol. The van der Waals surface area contributed by atoms with Gasteiger partial charge in [0.25, 0.3) is 0 Å². The van der Waals surface area contributed by atoms with E-state index in [1.807, 2.05) is 6.92 Å². The summed E-state index contributed by atoms with van der Waals surface area (Å²) in [6, 6.07) is 0. The zero-order valence-electron chi connectivity index (χ0n) is 9.77. The number of aromatic nitrogens is 3. The van der Waals surface area contributed by atoms with Crippen LogP contribution in [0.1, 0.15) is 10.6 Å². The van der Waals surface area contributed by atoms with E-state index in [1.165, 1.54) is 0 Å². The van der Waals surface area contributed by atoms with Gasteiger partial charge >= 0.3 is 0 Å². The molecule has 0 saturated heterocycles. The number of hydrogen-bond donors (Lipinski definition) is 2. The highest BCUT2D eigenvalue weighted by Crippen LogP contribution is 2.26. The quantitative estimate of drug-likeness (QED) is 0.860. The first-order valence-electron chi connectivity index (χ1n) is 5.32. The molecule has 0 unspecified atom stereocenters. The molecule has 2 heterocycles. The summed E-state index contributed by atoms with van der Waals surface area (Å²) in [6.45, 7) is 2.09. The van der Waals surface area contributed by atoms with E-state index in [9.17, 15) is 0 Å². The minimum absolute atomic E-state index is 0.144. The molecular weight excluding hydrogens is 236 g/mol. The van der Waals surface area contributed by atoms with E-state index in [2.05, 4.69) is 20.3 Å². The molecule has 0 aliphatic heterocycles. The van der Waals surface area contributed by atoms with Gasteiger partial charge in [0.15, 0.2) is 0 Å². The molecular formula is C11H14N4OS. The van der Waals surface area contributed by atoms with Gasteiger partial charge < -0.3 is 10.4 Å². The van der Waals surface area contributed by atoms with E-state index in [0.717, 1.165) is 27.1 Å². The predicted octanol–water partition coefficient (Wildman–Crippen LogP) is 1.49. The van der Waals surface area contributed by atoms with Gasteiger partial charge in [-0.2, -0.15) is 0 Å². The summed E-state index contributed by atoms with van der Waals surface area (Å²) in [5, 5.41) is 12.7. The van der Waals surface area contributed by atoms with Crippen molar-refractivity contribution in [2.45, 2.75) is 13.3 Å². The third-order valence-corrected chi connectivity index (χ3v) is 3.58. The number of hydrogen-bond acceptors (Lipinski definition) is 6. The van der Waals surface area contributed by atoms with Gasteiger partial charge in [0.05, 0.1) is 18.1 Å². The molecule has 90 valence electrons. The molecule has 5 nitrogen and oxygen atoms in total. The number of nitrogens with zero attached hydrogens (tertiary/aromatic N) is 3. The molecule has 2 aromatic rings. The van der Waals surface area contributed by atoms with Crippen LogP contribution in [0, 0.1) is 6.92 Å². The highest BCUT2D eigenvalue weighted by molar-refractivity contribution is 7.15. The molecule has 0 fully saturated rings. The lowest BCUT2D eigenvalue weighted by Gasteiger charge is -1.99. The Morgan fingerprint density at radius 2 is 2.18 bits per heavy atom. The lowest BCUT2D eigenvalue weighted by Crippen LogP contribution is -1.94. The topological polar surface area (TPSA) is 70.9 Å². The number of aryl methyl sites for hydroxylation is 1. The summed E-state index contributed by atoms with van der Waals surface area (Å²) in [4.78, 5) is 14.0. The molecule has 2 aromatic heterocycles. The summed E-state index contributed by atoms with van der Waals surface area (Å²) >= 11 is 1.55. The minimum Gasteiger partial charge on any atom is -0.396 e. The van der Waals surface area contributed by atoms with Crippen LogP contribution in [0.4, 0.5) is 5.82 Å². The van der Waals surface area contributed by atoms with Gasteiger partial charge in [0, 0.05) is 25.0 Å². The lowest BCUT2D eigenvalue weighted by molar-refractivity contribution is 0.300. The summed E-state index contributed by atoms with van der Waals surface area (Å²) in [5.74, 6) is 0.721. The van der Waals surface area contributed by atoms with Crippen LogP contribution in [0.15, 0.2) is 12.4 Å². The summed E-state index contributed by atoms with van der Waals surface area (Å²) in [6.07, 6.45) is 4.00. The third-order valence-electron chi connectivity index (χ3n) is 2.34. The van der Waals surface area contributed by atoms with Crippen molar-refractivity contribution in [1.82, 2.24) is 15.0 Å². The fourth-order valence-corrected chi connectivity index (χ4v) is 2.47. The van der Waals surface area contributed by atoms with Gasteiger partial charge in [-0.25, -0.2) is 9.97 Å². The fraction of sp³-hybridized carbons (Fsp3) is 0.364. The monoisotopic (exact) mass is 250 g/mol. The molecule has 17 heavy (non-hydrogen) atoms. The molecule has 0 aliphatic carbocycles. The average Bonchev–Trinajstić information content (AvgIpc) is 2.72. The standard InChI is InChI=1S/C11H14N4OS/c1-7-9(3-4-16)17-11(14-7)8-5-13-6-10(12-2)15-8/h5-6,16H,3-4H2,1-2H3,(H,12,15). The van der Waals surface area contributed by atoms with Crippen molar-refractivity contribution in [3.8, 4) is 10.7 Å². The highest BCUT2D eigenvalue weighted by Gasteiger charge is 2.10. The van der Waals surface area contributed by atoms with Crippen molar-refractivity contribution in [3.63, 3.8) is 0 Å². The molecule has 0 bridgehead atoms. The summed E-state index contributed by atoms with van der Waals surface area (Å²) in [5.41, 5.74) is 1.71. The molecule has 2 rings (SSSR count). The SMILES string of the molecule is CNc1cncc(-c2nc(C)c(CCO)s2)n1. The maximum absolute atomic E-state index is 8.95. The molecule has 0 aromatic carbocycles. The van der Waals surface area contributed by atoms with Crippen LogP contribution < -0.4 is 5.32 Å². The van der Waals surface area contributed by atoms with E-state index in [4.69, 9.17) is 5.11 Å². The van der Waals surface area contributed by atoms with Crippen molar-refractivity contribution in [2.75, 3.05) is 19.0 Å². The van der Waals surface area contributed by atoms with Gasteiger partial charge in [-0.15, -0.1) is 11.3 Å². The van der Waals surface area contributed by atoms with Gasteiger partial charge in [-0.1, -0.05) is 0 Å². The zero-order chi connectivity index (χ0) is 12.3. The largest absolute Gasteiger partial charge is 0.396 e. The third kappa shape index (κ3) is 2.59. The number of thiazole rings is 1. The Morgan fingerprint density at radius 1 is 1.35 bits per heavy atom. The Balaban J connectivity index is 2.35. The van der Waals surface area contributed by atoms with Crippen molar-refractivity contribution >= 4 is 17.2 Å². The van der Waals surface area contributed by atoms with Crippen molar-refractivity contribution in [1.29, 1.82) is 0 Å². The van der Waals surface area contributed by atoms with Crippen molar-refractivity contribution in [3.05, 3.63) is 23.0 Å². The van der Waals surface area contributed by atoms with Gasteiger partial charge in [-0.3, -0.25) is 4.98 Å². The van der Waals surface area contributed by atoms with E-state index in [1.54, 1.807) is 30.8 Å². The number of rotatable bonds is 4. The second-order valence-corrected chi connectivity index (χ2v) is 4.62. The van der Waals surface area contributed by atoms with Crippen LogP contribution in [0.5, 0.6) is 0 Å². The van der Waals surface area contributed by atoms with Crippen LogP contribution in [0.25, 0.3) is 10.7 Å². The van der Waals surface area contributed by atoms with Gasteiger partial charge in [0.2, 0.25) is 0 Å². The fourth-order valence-electron chi connectivity index (χ4n) is 1.46.